The Morgan fingerprint density at radius 3 is 2.58 bits per heavy atom. The average Bonchev–Trinajstić information content (AvgIpc) is 3.56. The van der Waals surface area contributed by atoms with Gasteiger partial charge in [-0.2, -0.15) is 5.10 Å². The number of rotatable bonds is 5. The number of nitrogens with zero attached hydrogens (tertiary/aromatic N) is 5. The predicted molar refractivity (Wildman–Crippen MR) is 163 cm³/mol. The number of benzene rings is 2. The standard InChI is InChI=1S/C32H40N8O3/c1-5-20(2)29-31(42)36-27(18-23-10-7-6-8-11-23)30-35-22(4)38-40(30)17-16-39(15-9-12-28(41)37-29)32(43)24-13-14-25-26(19-24)34-21(3)33-25/h6-8,10-11,13-14,19-20,27,29H,5,9,12,15-18H2,1-4H3,(H,33,34)(H,36,42)(H,37,41)/t20-,27-,29-/m0/s1. The number of aromatic nitrogens is 5. The third-order valence-electron chi connectivity index (χ3n) is 8.08. The van der Waals surface area contributed by atoms with Crippen LogP contribution in [0.25, 0.3) is 11.0 Å². The van der Waals surface area contributed by atoms with Gasteiger partial charge < -0.3 is 20.5 Å². The minimum Gasteiger partial charge on any atom is -0.344 e. The molecule has 2 aromatic carbocycles. The highest BCUT2D eigenvalue weighted by atomic mass is 16.2. The van der Waals surface area contributed by atoms with Gasteiger partial charge in [0.2, 0.25) is 11.8 Å². The molecule has 5 rings (SSSR count). The molecule has 226 valence electrons. The summed E-state index contributed by atoms with van der Waals surface area (Å²) in [5, 5.41) is 10.8. The van der Waals surface area contributed by atoms with E-state index in [1.165, 1.54) is 0 Å². The van der Waals surface area contributed by atoms with Crippen LogP contribution in [0.2, 0.25) is 0 Å². The number of aryl methyl sites for hydroxylation is 2. The van der Waals surface area contributed by atoms with Crippen molar-refractivity contribution in [3.63, 3.8) is 0 Å². The van der Waals surface area contributed by atoms with E-state index in [1.807, 2.05) is 70.2 Å². The van der Waals surface area contributed by atoms with E-state index in [0.29, 0.717) is 49.7 Å². The van der Waals surface area contributed by atoms with Crippen molar-refractivity contribution in [3.8, 4) is 0 Å². The Balaban J connectivity index is 1.49. The number of hydrogen-bond acceptors (Lipinski definition) is 6. The van der Waals surface area contributed by atoms with Crippen LogP contribution in [-0.2, 0) is 22.6 Å². The summed E-state index contributed by atoms with van der Waals surface area (Å²) in [7, 11) is 0. The molecule has 11 heteroatoms. The number of hydrogen-bond donors (Lipinski definition) is 3. The number of H-pyrrole nitrogens is 1. The van der Waals surface area contributed by atoms with Crippen molar-refractivity contribution in [3.05, 3.63) is 77.1 Å². The number of amides is 3. The number of fused-ring (bicyclic) bond motifs is 2. The first-order valence-corrected chi connectivity index (χ1v) is 15.0. The predicted octanol–water partition coefficient (Wildman–Crippen LogP) is 3.64. The lowest BCUT2D eigenvalue weighted by Gasteiger charge is -2.28. The average molecular weight is 585 g/mol. The molecular formula is C32H40N8O3. The van der Waals surface area contributed by atoms with Gasteiger partial charge in [0.05, 0.1) is 23.6 Å². The number of carbonyl (C=O) groups is 3. The molecule has 0 radical (unpaired) electrons. The molecule has 0 spiro atoms. The molecule has 0 saturated heterocycles. The fourth-order valence-electron chi connectivity index (χ4n) is 5.57. The lowest BCUT2D eigenvalue weighted by Crippen LogP contribution is -2.51. The maximum absolute atomic E-state index is 13.8. The van der Waals surface area contributed by atoms with Gasteiger partial charge in [0.25, 0.3) is 5.91 Å². The minimum absolute atomic E-state index is 0.0760. The summed E-state index contributed by atoms with van der Waals surface area (Å²) in [5.74, 6) is 1.32. The molecule has 2 aromatic heterocycles. The second-order valence-electron chi connectivity index (χ2n) is 11.4. The van der Waals surface area contributed by atoms with Crippen LogP contribution in [0.1, 0.15) is 72.5 Å². The molecule has 0 aliphatic carbocycles. The second kappa shape index (κ2) is 13.2. The van der Waals surface area contributed by atoms with Gasteiger partial charge in [-0.1, -0.05) is 50.6 Å². The monoisotopic (exact) mass is 584 g/mol. The molecule has 11 nitrogen and oxygen atoms in total. The first-order valence-electron chi connectivity index (χ1n) is 15.0. The van der Waals surface area contributed by atoms with Gasteiger partial charge in [-0.05, 0) is 56.4 Å². The number of carbonyl (C=O) groups excluding carboxylic acids is 3. The molecule has 0 fully saturated rings. The van der Waals surface area contributed by atoms with Crippen molar-refractivity contribution in [1.82, 2.24) is 40.3 Å². The molecule has 0 bridgehead atoms. The van der Waals surface area contributed by atoms with E-state index < -0.39 is 12.1 Å². The molecule has 0 unspecified atom stereocenters. The Morgan fingerprint density at radius 2 is 1.81 bits per heavy atom. The SMILES string of the molecule is CC[C@H](C)[C@@H]1NC(=O)CCCN(C(=O)c2ccc3nc(C)[nH]c3c2)CCn2nc(C)nc2[C@H](Cc2ccccc2)NC1=O. The lowest BCUT2D eigenvalue weighted by atomic mass is 9.97. The number of aromatic amines is 1. The van der Waals surface area contributed by atoms with Gasteiger partial charge >= 0.3 is 0 Å². The Kier molecular flexibility index (Phi) is 9.18. The summed E-state index contributed by atoms with van der Waals surface area (Å²) in [6.45, 7) is 8.79. The molecule has 43 heavy (non-hydrogen) atoms. The van der Waals surface area contributed by atoms with Crippen molar-refractivity contribution >= 4 is 28.8 Å². The van der Waals surface area contributed by atoms with Crippen LogP contribution in [0, 0.1) is 19.8 Å². The summed E-state index contributed by atoms with van der Waals surface area (Å²) in [6.07, 6.45) is 1.87. The van der Waals surface area contributed by atoms with Gasteiger partial charge in [0, 0.05) is 25.1 Å². The largest absolute Gasteiger partial charge is 0.344 e. The van der Waals surface area contributed by atoms with E-state index in [-0.39, 0.29) is 30.1 Å². The van der Waals surface area contributed by atoms with E-state index >= 15 is 0 Å². The minimum atomic E-state index is -0.696. The van der Waals surface area contributed by atoms with Crippen molar-refractivity contribution in [1.29, 1.82) is 0 Å². The summed E-state index contributed by atoms with van der Waals surface area (Å²) in [6, 6.07) is 14.2. The summed E-state index contributed by atoms with van der Waals surface area (Å²) < 4.78 is 1.80. The Morgan fingerprint density at radius 1 is 1.02 bits per heavy atom. The van der Waals surface area contributed by atoms with Gasteiger partial charge in [0.1, 0.15) is 23.5 Å². The van der Waals surface area contributed by atoms with Gasteiger partial charge in [-0.15, -0.1) is 0 Å². The van der Waals surface area contributed by atoms with E-state index in [9.17, 15) is 14.4 Å². The Hall–Kier alpha value is -4.54. The molecule has 3 heterocycles. The highest BCUT2D eigenvalue weighted by molar-refractivity contribution is 5.97. The molecule has 3 atom stereocenters. The maximum atomic E-state index is 13.8. The molecule has 1 aliphatic rings. The highest BCUT2D eigenvalue weighted by Crippen LogP contribution is 2.21. The van der Waals surface area contributed by atoms with Crippen LogP contribution >= 0.6 is 0 Å². The summed E-state index contributed by atoms with van der Waals surface area (Å²) in [4.78, 5) is 54.7. The number of nitrogens with one attached hydrogen (secondary N) is 3. The van der Waals surface area contributed by atoms with Crippen molar-refractivity contribution in [2.75, 3.05) is 13.1 Å². The number of imidazole rings is 1. The third kappa shape index (κ3) is 7.10. The molecule has 1 aliphatic heterocycles. The topological polar surface area (TPSA) is 138 Å². The first kappa shape index (κ1) is 29.9. The summed E-state index contributed by atoms with van der Waals surface area (Å²) in [5.41, 5.74) is 3.18. The lowest BCUT2D eigenvalue weighted by molar-refractivity contribution is -0.130. The van der Waals surface area contributed by atoms with Crippen LogP contribution in [0.5, 0.6) is 0 Å². The second-order valence-corrected chi connectivity index (χ2v) is 11.4. The van der Waals surface area contributed by atoms with Crippen molar-refractivity contribution in [2.24, 2.45) is 5.92 Å². The van der Waals surface area contributed by atoms with Crippen LogP contribution in [-0.4, -0.2) is 66.5 Å². The first-order chi connectivity index (χ1) is 20.7. The van der Waals surface area contributed by atoms with Crippen LogP contribution in [0.3, 0.4) is 0 Å². The van der Waals surface area contributed by atoms with Crippen LogP contribution < -0.4 is 10.6 Å². The van der Waals surface area contributed by atoms with Crippen LogP contribution in [0.4, 0.5) is 0 Å². The third-order valence-corrected chi connectivity index (χ3v) is 8.08. The quantitative estimate of drug-likeness (QED) is 0.328. The zero-order valence-corrected chi connectivity index (χ0v) is 25.3. The molecule has 3 N–H and O–H groups in total. The maximum Gasteiger partial charge on any atom is 0.253 e. The van der Waals surface area contributed by atoms with Gasteiger partial charge in [-0.3, -0.25) is 14.4 Å². The van der Waals surface area contributed by atoms with Gasteiger partial charge in [0.15, 0.2) is 0 Å². The fourth-order valence-corrected chi connectivity index (χ4v) is 5.57. The molecule has 3 amide bonds. The van der Waals surface area contributed by atoms with Crippen molar-refractivity contribution in [2.45, 2.75) is 72.0 Å². The summed E-state index contributed by atoms with van der Waals surface area (Å²) >= 11 is 0. The van der Waals surface area contributed by atoms with Crippen molar-refractivity contribution < 1.29 is 14.4 Å². The van der Waals surface area contributed by atoms with E-state index in [1.54, 1.807) is 15.6 Å². The zero-order chi connectivity index (χ0) is 30.5. The molecule has 4 aromatic rings. The van der Waals surface area contributed by atoms with E-state index in [0.717, 1.165) is 28.8 Å². The zero-order valence-electron chi connectivity index (χ0n) is 25.3. The Labute approximate surface area is 251 Å². The van der Waals surface area contributed by atoms with Crippen LogP contribution in [0.15, 0.2) is 48.5 Å². The van der Waals surface area contributed by atoms with Gasteiger partial charge in [-0.25, -0.2) is 14.6 Å². The fraction of sp³-hybridized carbons (Fsp3) is 0.438. The normalized spacial score (nSPS) is 19.3. The smallest absolute Gasteiger partial charge is 0.253 e. The van der Waals surface area contributed by atoms with E-state index in [4.69, 9.17) is 4.98 Å². The molecule has 0 saturated carbocycles. The van der Waals surface area contributed by atoms with E-state index in [2.05, 4.69) is 25.7 Å². The molecular weight excluding hydrogens is 544 g/mol. The highest BCUT2D eigenvalue weighted by Gasteiger charge is 2.31. The Bertz CT molecular complexity index is 1590.